The van der Waals surface area contributed by atoms with Crippen LogP contribution in [0.4, 0.5) is 11.4 Å². The highest BCUT2D eigenvalue weighted by molar-refractivity contribution is 6.35. The number of carbonyl (C=O) groups is 2. The van der Waals surface area contributed by atoms with Crippen molar-refractivity contribution in [1.82, 2.24) is 0 Å². The molecule has 4 nitrogen and oxygen atoms in total. The Morgan fingerprint density at radius 1 is 0.828 bits per heavy atom. The lowest BCUT2D eigenvalue weighted by atomic mass is 10.1. The maximum atomic E-state index is 12.1. The smallest absolute Gasteiger partial charge is 0.248 e. The first-order valence-electron chi connectivity index (χ1n) is 8.87. The molecule has 3 aromatic rings. The average molecular weight is 425 g/mol. The zero-order chi connectivity index (χ0) is 20.6. The van der Waals surface area contributed by atoms with E-state index in [2.05, 4.69) is 10.6 Å². The van der Waals surface area contributed by atoms with Gasteiger partial charge in [0.05, 0.1) is 6.42 Å². The van der Waals surface area contributed by atoms with Gasteiger partial charge in [-0.15, -0.1) is 0 Å². The molecule has 3 aromatic carbocycles. The predicted octanol–water partition coefficient (Wildman–Crippen LogP) is 5.83. The number of benzene rings is 3. The van der Waals surface area contributed by atoms with Gasteiger partial charge in [0, 0.05) is 27.5 Å². The Balaban J connectivity index is 1.53. The molecule has 0 saturated heterocycles. The summed E-state index contributed by atoms with van der Waals surface area (Å²) in [6.07, 6.45) is 3.31. The second-order valence-electron chi connectivity index (χ2n) is 6.28. The van der Waals surface area contributed by atoms with Gasteiger partial charge in [-0.25, -0.2) is 0 Å². The van der Waals surface area contributed by atoms with Crippen LogP contribution in [-0.4, -0.2) is 11.8 Å². The van der Waals surface area contributed by atoms with Crippen LogP contribution in [0.2, 0.25) is 10.0 Å². The highest BCUT2D eigenvalue weighted by Crippen LogP contribution is 2.22. The number of rotatable bonds is 6. The Labute approximate surface area is 179 Å². The normalized spacial score (nSPS) is 10.7. The standard InChI is InChI=1S/C23H18Cl2N2O2/c24-18-8-6-17(21(25)15-18)7-13-22(28)26-19-9-11-20(12-10-19)27-23(29)14-16-4-2-1-3-5-16/h1-13,15H,14H2,(H,26,28)(H,27,29). The van der Waals surface area contributed by atoms with Crippen molar-refractivity contribution in [3.05, 3.63) is 100 Å². The second-order valence-corrected chi connectivity index (χ2v) is 7.12. The zero-order valence-electron chi connectivity index (χ0n) is 15.4. The van der Waals surface area contributed by atoms with Gasteiger partial charge in [-0.05, 0) is 53.6 Å². The van der Waals surface area contributed by atoms with Crippen molar-refractivity contribution in [1.29, 1.82) is 0 Å². The molecule has 0 aliphatic rings. The fraction of sp³-hybridized carbons (Fsp3) is 0.0435. The number of carbonyl (C=O) groups excluding carboxylic acids is 2. The molecule has 0 saturated carbocycles. The topological polar surface area (TPSA) is 58.2 Å². The van der Waals surface area contributed by atoms with Crippen LogP contribution < -0.4 is 10.6 Å². The van der Waals surface area contributed by atoms with Gasteiger partial charge < -0.3 is 10.6 Å². The Bertz CT molecular complexity index is 1030. The van der Waals surface area contributed by atoms with Gasteiger partial charge in [-0.3, -0.25) is 9.59 Å². The molecule has 2 amide bonds. The molecule has 0 radical (unpaired) electrons. The monoisotopic (exact) mass is 424 g/mol. The van der Waals surface area contributed by atoms with Crippen LogP contribution in [0.25, 0.3) is 6.08 Å². The summed E-state index contributed by atoms with van der Waals surface area (Å²) in [5, 5.41) is 6.60. The van der Waals surface area contributed by atoms with E-state index in [1.54, 1.807) is 48.5 Å². The molecule has 0 bridgehead atoms. The van der Waals surface area contributed by atoms with Gasteiger partial charge in [-0.1, -0.05) is 59.6 Å². The summed E-state index contributed by atoms with van der Waals surface area (Å²) in [6.45, 7) is 0. The number of amides is 2. The van der Waals surface area contributed by atoms with E-state index < -0.39 is 0 Å². The maximum Gasteiger partial charge on any atom is 0.248 e. The Morgan fingerprint density at radius 3 is 2.14 bits per heavy atom. The van der Waals surface area contributed by atoms with Crippen molar-refractivity contribution in [2.75, 3.05) is 10.6 Å². The van der Waals surface area contributed by atoms with Crippen molar-refractivity contribution in [2.24, 2.45) is 0 Å². The number of nitrogens with one attached hydrogen (secondary N) is 2. The minimum Gasteiger partial charge on any atom is -0.326 e. The van der Waals surface area contributed by atoms with Crippen LogP contribution in [0, 0.1) is 0 Å². The van der Waals surface area contributed by atoms with Crippen LogP contribution >= 0.6 is 23.2 Å². The summed E-state index contributed by atoms with van der Waals surface area (Å²) in [7, 11) is 0. The predicted molar refractivity (Wildman–Crippen MR) is 119 cm³/mol. The van der Waals surface area contributed by atoms with E-state index in [-0.39, 0.29) is 11.8 Å². The van der Waals surface area contributed by atoms with E-state index in [9.17, 15) is 9.59 Å². The number of hydrogen-bond acceptors (Lipinski definition) is 2. The molecule has 0 fully saturated rings. The highest BCUT2D eigenvalue weighted by Gasteiger charge is 2.05. The molecule has 29 heavy (non-hydrogen) atoms. The second kappa shape index (κ2) is 9.92. The lowest BCUT2D eigenvalue weighted by molar-refractivity contribution is -0.115. The summed E-state index contributed by atoms with van der Waals surface area (Å²) in [6, 6.07) is 21.5. The maximum absolute atomic E-state index is 12.1. The van der Waals surface area contributed by atoms with E-state index in [4.69, 9.17) is 23.2 Å². The van der Waals surface area contributed by atoms with Gasteiger partial charge in [0.15, 0.2) is 0 Å². The van der Waals surface area contributed by atoms with Crippen molar-refractivity contribution in [2.45, 2.75) is 6.42 Å². The summed E-state index contributed by atoms with van der Waals surface area (Å²) in [5.74, 6) is -0.396. The largest absolute Gasteiger partial charge is 0.326 e. The lowest BCUT2D eigenvalue weighted by Gasteiger charge is -2.07. The van der Waals surface area contributed by atoms with Crippen LogP contribution in [0.1, 0.15) is 11.1 Å². The Kier molecular flexibility index (Phi) is 7.06. The number of halogens is 2. The molecule has 0 aliphatic heterocycles. The third-order valence-electron chi connectivity index (χ3n) is 4.02. The molecule has 6 heteroatoms. The molecule has 3 rings (SSSR count). The van der Waals surface area contributed by atoms with E-state index in [1.807, 2.05) is 30.3 Å². The van der Waals surface area contributed by atoms with Crippen molar-refractivity contribution in [3.63, 3.8) is 0 Å². The molecular weight excluding hydrogens is 407 g/mol. The Hall–Kier alpha value is -3.08. The minimum absolute atomic E-state index is 0.101. The third kappa shape index (κ3) is 6.49. The van der Waals surface area contributed by atoms with E-state index >= 15 is 0 Å². The first-order valence-corrected chi connectivity index (χ1v) is 9.63. The zero-order valence-corrected chi connectivity index (χ0v) is 16.9. The minimum atomic E-state index is -0.295. The summed E-state index contributed by atoms with van der Waals surface area (Å²) in [4.78, 5) is 24.2. The van der Waals surface area contributed by atoms with Crippen LogP contribution in [0.3, 0.4) is 0 Å². The molecule has 146 valence electrons. The van der Waals surface area contributed by atoms with Crippen LogP contribution in [-0.2, 0) is 16.0 Å². The lowest BCUT2D eigenvalue weighted by Crippen LogP contribution is -2.14. The fourth-order valence-electron chi connectivity index (χ4n) is 2.61. The quantitative estimate of drug-likeness (QED) is 0.489. The van der Waals surface area contributed by atoms with Crippen molar-refractivity contribution in [3.8, 4) is 0 Å². The number of anilines is 2. The van der Waals surface area contributed by atoms with Crippen LogP contribution in [0.5, 0.6) is 0 Å². The number of hydrogen-bond donors (Lipinski definition) is 2. The molecular formula is C23H18Cl2N2O2. The SMILES string of the molecule is O=C(C=Cc1ccc(Cl)cc1Cl)Nc1ccc(NC(=O)Cc2ccccc2)cc1. The molecule has 0 unspecified atom stereocenters. The van der Waals surface area contributed by atoms with Gasteiger partial charge in [0.25, 0.3) is 0 Å². The Morgan fingerprint density at radius 2 is 1.48 bits per heavy atom. The van der Waals surface area contributed by atoms with Gasteiger partial charge >= 0.3 is 0 Å². The first-order chi connectivity index (χ1) is 14.0. The molecule has 2 N–H and O–H groups in total. The first kappa shape index (κ1) is 20.6. The summed E-state index contributed by atoms with van der Waals surface area (Å²) >= 11 is 11.9. The van der Waals surface area contributed by atoms with E-state index in [0.717, 1.165) is 5.56 Å². The molecule has 0 heterocycles. The third-order valence-corrected chi connectivity index (χ3v) is 4.58. The van der Waals surface area contributed by atoms with E-state index in [0.29, 0.717) is 33.4 Å². The van der Waals surface area contributed by atoms with E-state index in [1.165, 1.54) is 6.08 Å². The summed E-state index contributed by atoms with van der Waals surface area (Å²) < 4.78 is 0. The van der Waals surface area contributed by atoms with Gasteiger partial charge in [0.1, 0.15) is 0 Å². The highest BCUT2D eigenvalue weighted by atomic mass is 35.5. The average Bonchev–Trinajstić information content (AvgIpc) is 2.69. The molecule has 0 atom stereocenters. The van der Waals surface area contributed by atoms with Crippen molar-refractivity contribution < 1.29 is 9.59 Å². The molecule has 0 aliphatic carbocycles. The van der Waals surface area contributed by atoms with Gasteiger partial charge in [0.2, 0.25) is 11.8 Å². The van der Waals surface area contributed by atoms with Gasteiger partial charge in [-0.2, -0.15) is 0 Å². The van der Waals surface area contributed by atoms with Crippen LogP contribution in [0.15, 0.2) is 78.9 Å². The molecule has 0 aromatic heterocycles. The fourth-order valence-corrected chi connectivity index (χ4v) is 3.08. The van der Waals surface area contributed by atoms with Crippen molar-refractivity contribution >= 4 is 52.5 Å². The molecule has 0 spiro atoms. The summed E-state index contributed by atoms with van der Waals surface area (Å²) in [5.41, 5.74) is 2.92.